The van der Waals surface area contributed by atoms with E-state index >= 15 is 0 Å². The van der Waals surface area contributed by atoms with Gasteiger partial charge in [0.2, 0.25) is 0 Å². The lowest BCUT2D eigenvalue weighted by Gasteiger charge is -2.46. The molecule has 14 heteroatoms. The standard InChI is InChI=1S/C30H32ClF2N5O6/c1-15-7-8-19(25(33)24(15)32)20-13-37(36-35-20)26-27(41)23(14-39)44-29(28(26)43-2)30(42)38(21-5-3-4-6-22(21)40)18-10-16(12-34)9-17(31)11-18/h7-11,13,21-23,26-29,39-41H,3-6,14H2,1-2H3/t21-,22-,23+,26-,27-,28+,29+/m0/s1. The van der Waals surface area contributed by atoms with Crippen molar-refractivity contribution in [1.82, 2.24) is 15.0 Å². The molecule has 5 rings (SSSR count). The molecule has 3 N–H and O–H groups in total. The first kappa shape index (κ1) is 31.9. The topological polar surface area (TPSA) is 154 Å². The first-order chi connectivity index (χ1) is 21.1. The number of nitriles is 1. The van der Waals surface area contributed by atoms with Gasteiger partial charge in [-0.25, -0.2) is 13.5 Å². The van der Waals surface area contributed by atoms with Crippen molar-refractivity contribution in [3.63, 3.8) is 0 Å². The highest BCUT2D eigenvalue weighted by atomic mass is 35.5. The van der Waals surface area contributed by atoms with Crippen molar-refractivity contribution >= 4 is 23.2 Å². The van der Waals surface area contributed by atoms with Crippen LogP contribution >= 0.6 is 11.6 Å². The maximum Gasteiger partial charge on any atom is 0.259 e. The number of ether oxygens (including phenoxy) is 2. The molecule has 234 valence electrons. The van der Waals surface area contributed by atoms with Crippen LogP contribution in [0.4, 0.5) is 14.5 Å². The highest BCUT2D eigenvalue weighted by Crippen LogP contribution is 2.37. The number of nitrogens with zero attached hydrogens (tertiary/aromatic N) is 5. The smallest absolute Gasteiger partial charge is 0.259 e. The van der Waals surface area contributed by atoms with Crippen LogP contribution in [-0.2, 0) is 14.3 Å². The zero-order chi connectivity index (χ0) is 31.7. The number of benzene rings is 2. The number of aliphatic hydroxyl groups excluding tert-OH is 3. The fourth-order valence-electron chi connectivity index (χ4n) is 6.04. The highest BCUT2D eigenvalue weighted by Gasteiger charge is 2.52. The molecule has 1 saturated carbocycles. The summed E-state index contributed by atoms with van der Waals surface area (Å²) in [7, 11) is 1.30. The molecule has 1 amide bonds. The second kappa shape index (κ2) is 13.2. The van der Waals surface area contributed by atoms with Crippen molar-refractivity contribution in [2.75, 3.05) is 18.6 Å². The summed E-state index contributed by atoms with van der Waals surface area (Å²) in [6.45, 7) is 0.742. The summed E-state index contributed by atoms with van der Waals surface area (Å²) in [5.74, 6) is -2.82. The summed E-state index contributed by atoms with van der Waals surface area (Å²) < 4.78 is 41.9. The van der Waals surface area contributed by atoms with Crippen LogP contribution in [0.25, 0.3) is 11.3 Å². The monoisotopic (exact) mass is 631 g/mol. The van der Waals surface area contributed by atoms with Crippen molar-refractivity contribution in [2.24, 2.45) is 0 Å². The molecule has 0 bridgehead atoms. The number of rotatable bonds is 7. The number of aliphatic hydroxyl groups is 3. The lowest BCUT2D eigenvalue weighted by molar-refractivity contribution is -0.211. The van der Waals surface area contributed by atoms with Gasteiger partial charge < -0.3 is 29.7 Å². The van der Waals surface area contributed by atoms with E-state index in [2.05, 4.69) is 10.3 Å². The maximum atomic E-state index is 14.8. The van der Waals surface area contributed by atoms with E-state index in [-0.39, 0.29) is 33.1 Å². The molecular weight excluding hydrogens is 600 g/mol. The van der Waals surface area contributed by atoms with Crippen molar-refractivity contribution in [3.05, 3.63) is 64.3 Å². The van der Waals surface area contributed by atoms with E-state index < -0.39 is 66.8 Å². The fraction of sp³-hybridized carbons (Fsp3) is 0.467. The Bertz CT molecular complexity index is 1570. The van der Waals surface area contributed by atoms with Crippen molar-refractivity contribution < 1.29 is 38.4 Å². The van der Waals surface area contributed by atoms with Gasteiger partial charge in [0, 0.05) is 23.4 Å². The Labute approximate surface area is 257 Å². The predicted molar refractivity (Wildman–Crippen MR) is 154 cm³/mol. The van der Waals surface area contributed by atoms with E-state index in [0.29, 0.717) is 12.8 Å². The normalized spacial score (nSPS) is 27.1. The largest absolute Gasteiger partial charge is 0.394 e. The summed E-state index contributed by atoms with van der Waals surface area (Å²) in [5.41, 5.74) is 0.368. The van der Waals surface area contributed by atoms with E-state index in [1.165, 1.54) is 60.1 Å². The number of anilines is 1. The Kier molecular flexibility index (Phi) is 9.59. The Balaban J connectivity index is 1.56. The van der Waals surface area contributed by atoms with Gasteiger partial charge in [-0.05, 0) is 49.6 Å². The minimum absolute atomic E-state index is 0.0340. The Morgan fingerprint density at radius 2 is 1.98 bits per heavy atom. The van der Waals surface area contributed by atoms with E-state index in [1.54, 1.807) is 0 Å². The Morgan fingerprint density at radius 3 is 2.66 bits per heavy atom. The quantitative estimate of drug-likeness (QED) is 0.357. The average molecular weight is 632 g/mol. The molecule has 2 fully saturated rings. The van der Waals surface area contributed by atoms with Gasteiger partial charge >= 0.3 is 0 Å². The zero-order valence-corrected chi connectivity index (χ0v) is 24.7. The van der Waals surface area contributed by atoms with Crippen molar-refractivity contribution in [3.8, 4) is 17.3 Å². The Hall–Kier alpha value is -3.51. The molecule has 7 atom stereocenters. The molecule has 0 radical (unpaired) electrons. The van der Waals surface area contributed by atoms with Crippen LogP contribution in [0.3, 0.4) is 0 Å². The summed E-state index contributed by atoms with van der Waals surface area (Å²) in [4.78, 5) is 15.8. The van der Waals surface area contributed by atoms with Crippen molar-refractivity contribution in [2.45, 2.75) is 75.2 Å². The number of amides is 1. The van der Waals surface area contributed by atoms with Crippen LogP contribution in [0.2, 0.25) is 5.02 Å². The number of aromatic nitrogens is 3. The van der Waals surface area contributed by atoms with Gasteiger partial charge in [0.25, 0.3) is 5.91 Å². The molecular formula is C30H32ClF2N5O6. The second-order valence-corrected chi connectivity index (χ2v) is 11.5. The van der Waals surface area contributed by atoms with Crippen molar-refractivity contribution in [1.29, 1.82) is 5.26 Å². The first-order valence-corrected chi connectivity index (χ1v) is 14.5. The number of carbonyl (C=O) groups excluding carboxylic acids is 1. The molecule has 1 aliphatic heterocycles. The van der Waals surface area contributed by atoms with Gasteiger partial charge in [-0.2, -0.15) is 5.26 Å². The van der Waals surface area contributed by atoms with Gasteiger partial charge in [-0.15, -0.1) is 5.10 Å². The van der Waals surface area contributed by atoms with Crippen LogP contribution in [0.15, 0.2) is 36.5 Å². The fourth-order valence-corrected chi connectivity index (χ4v) is 6.27. The van der Waals surface area contributed by atoms with Crippen LogP contribution in [0.1, 0.15) is 42.9 Å². The molecule has 1 aliphatic carbocycles. The van der Waals surface area contributed by atoms with Gasteiger partial charge in [0.15, 0.2) is 17.7 Å². The minimum Gasteiger partial charge on any atom is -0.394 e. The van der Waals surface area contributed by atoms with Gasteiger partial charge in [-0.3, -0.25) is 4.79 Å². The number of carbonyl (C=O) groups is 1. The zero-order valence-electron chi connectivity index (χ0n) is 24.0. The minimum atomic E-state index is -1.46. The van der Waals surface area contributed by atoms with E-state index in [0.717, 1.165) is 12.8 Å². The molecule has 3 aromatic rings. The third-order valence-electron chi connectivity index (χ3n) is 8.30. The van der Waals surface area contributed by atoms with E-state index in [4.69, 9.17) is 21.1 Å². The first-order valence-electron chi connectivity index (χ1n) is 14.1. The predicted octanol–water partition coefficient (Wildman–Crippen LogP) is 3.07. The van der Waals surface area contributed by atoms with Crippen LogP contribution in [0.5, 0.6) is 0 Å². The molecule has 0 spiro atoms. The SMILES string of the molecule is CO[C@@H]1[C@@H](n2cc(-c3ccc(C)c(F)c3F)nn2)[C@@H](O)[C@@H](CO)O[C@H]1C(=O)N(c1cc(Cl)cc(C#N)c1)[C@H]1CCCC[C@@H]1O. The van der Waals surface area contributed by atoms with E-state index in [9.17, 15) is 34.2 Å². The highest BCUT2D eigenvalue weighted by molar-refractivity contribution is 6.31. The maximum absolute atomic E-state index is 14.8. The van der Waals surface area contributed by atoms with Crippen LogP contribution < -0.4 is 4.90 Å². The second-order valence-electron chi connectivity index (χ2n) is 11.0. The molecule has 2 heterocycles. The molecule has 44 heavy (non-hydrogen) atoms. The average Bonchev–Trinajstić information content (AvgIpc) is 3.49. The number of methoxy groups -OCH3 is 1. The van der Waals surface area contributed by atoms with Crippen LogP contribution in [-0.4, -0.2) is 86.5 Å². The number of aryl methyl sites for hydroxylation is 1. The molecule has 11 nitrogen and oxygen atoms in total. The molecule has 2 aliphatic rings. The third kappa shape index (κ3) is 5.93. The summed E-state index contributed by atoms with van der Waals surface area (Å²) >= 11 is 6.30. The number of hydrogen-bond acceptors (Lipinski definition) is 9. The molecule has 1 aromatic heterocycles. The summed E-state index contributed by atoms with van der Waals surface area (Å²) in [6, 6.07) is 7.32. The molecule has 1 saturated heterocycles. The summed E-state index contributed by atoms with van der Waals surface area (Å²) in [6.07, 6.45) is -2.65. The van der Waals surface area contributed by atoms with Gasteiger partial charge in [0.1, 0.15) is 30.0 Å². The Morgan fingerprint density at radius 1 is 1.23 bits per heavy atom. The lowest BCUT2D eigenvalue weighted by atomic mass is 9.88. The number of hydrogen-bond donors (Lipinski definition) is 3. The van der Waals surface area contributed by atoms with Crippen LogP contribution in [0, 0.1) is 29.9 Å². The molecule has 2 aromatic carbocycles. The van der Waals surface area contributed by atoms with Gasteiger partial charge in [0.05, 0.1) is 36.6 Å². The third-order valence-corrected chi connectivity index (χ3v) is 8.52. The van der Waals surface area contributed by atoms with E-state index in [1.807, 2.05) is 6.07 Å². The summed E-state index contributed by atoms with van der Waals surface area (Å²) in [5, 5.41) is 50.1. The molecule has 0 unspecified atom stereocenters. The lowest BCUT2D eigenvalue weighted by Crippen LogP contribution is -2.63. The van der Waals surface area contributed by atoms with Gasteiger partial charge in [-0.1, -0.05) is 35.7 Å². The number of halogens is 3.